The molecule has 0 saturated carbocycles. The summed E-state index contributed by atoms with van der Waals surface area (Å²) in [6, 6.07) is 9.92. The van der Waals surface area contributed by atoms with Gasteiger partial charge in [0.1, 0.15) is 22.3 Å². The molecule has 0 saturated heterocycles. The van der Waals surface area contributed by atoms with Crippen molar-refractivity contribution in [3.63, 3.8) is 0 Å². The van der Waals surface area contributed by atoms with Crippen LogP contribution in [0.1, 0.15) is 11.1 Å². The van der Waals surface area contributed by atoms with Crippen LogP contribution < -0.4 is 5.73 Å². The van der Waals surface area contributed by atoms with Gasteiger partial charge < -0.3 is 5.73 Å². The Hall–Kier alpha value is -1.86. The predicted octanol–water partition coefficient (Wildman–Crippen LogP) is 2.57. The number of nitrogens with zero attached hydrogens (tertiary/aromatic N) is 2. The highest BCUT2D eigenvalue weighted by Crippen LogP contribution is 2.31. The minimum atomic E-state index is 0.481. The van der Waals surface area contributed by atoms with Crippen LogP contribution in [-0.2, 0) is 0 Å². The van der Waals surface area contributed by atoms with E-state index in [0.717, 1.165) is 22.7 Å². The summed E-state index contributed by atoms with van der Waals surface area (Å²) < 4.78 is 4.21. The average Bonchev–Trinajstić information content (AvgIpc) is 2.60. The molecule has 1 aromatic heterocycles. The molecule has 0 unspecified atom stereocenters. The first-order valence-electron chi connectivity index (χ1n) is 4.45. The van der Waals surface area contributed by atoms with Crippen molar-refractivity contribution in [1.82, 2.24) is 4.37 Å². The fourth-order valence-electron chi connectivity index (χ4n) is 1.43. The molecular formula is C11H9N3S. The topological polar surface area (TPSA) is 62.7 Å². The first kappa shape index (κ1) is 9.69. The van der Waals surface area contributed by atoms with Crippen LogP contribution in [-0.4, -0.2) is 4.37 Å². The number of nitrogens with two attached hydrogens (primary N) is 1. The number of nitrogen functional groups attached to an aromatic ring is 1. The van der Waals surface area contributed by atoms with Crippen molar-refractivity contribution < 1.29 is 0 Å². The van der Waals surface area contributed by atoms with Crippen molar-refractivity contribution in [3.05, 3.63) is 35.4 Å². The van der Waals surface area contributed by atoms with Gasteiger partial charge in [-0.25, -0.2) is 0 Å². The van der Waals surface area contributed by atoms with Gasteiger partial charge in [0, 0.05) is 5.56 Å². The Morgan fingerprint density at radius 2 is 2.13 bits per heavy atom. The fourth-order valence-corrected chi connectivity index (χ4v) is 2.05. The van der Waals surface area contributed by atoms with Crippen LogP contribution in [0.3, 0.4) is 0 Å². The van der Waals surface area contributed by atoms with Crippen LogP contribution in [0.5, 0.6) is 0 Å². The lowest BCUT2D eigenvalue weighted by atomic mass is 10.0. The van der Waals surface area contributed by atoms with Crippen molar-refractivity contribution in [2.24, 2.45) is 0 Å². The molecule has 0 radical (unpaired) electrons. The number of aromatic nitrogens is 1. The SMILES string of the molecule is Cc1ccccc1-c1nsc(N)c1C#N. The molecule has 0 aliphatic heterocycles. The molecule has 0 aliphatic carbocycles. The normalized spacial score (nSPS) is 9.87. The Bertz CT molecular complexity index is 537. The number of rotatable bonds is 1. The van der Waals surface area contributed by atoms with Crippen LogP contribution in [0.4, 0.5) is 5.00 Å². The Morgan fingerprint density at radius 1 is 1.40 bits per heavy atom. The monoisotopic (exact) mass is 215 g/mol. The lowest BCUT2D eigenvalue weighted by Gasteiger charge is -2.01. The first-order chi connectivity index (χ1) is 7.24. The summed E-state index contributed by atoms with van der Waals surface area (Å²) in [6.45, 7) is 1.99. The lowest BCUT2D eigenvalue weighted by molar-refractivity contribution is 1.40. The van der Waals surface area contributed by atoms with Gasteiger partial charge in [-0.2, -0.15) is 9.64 Å². The van der Waals surface area contributed by atoms with Crippen LogP contribution in [0.25, 0.3) is 11.3 Å². The molecule has 2 N–H and O–H groups in total. The predicted molar refractivity (Wildman–Crippen MR) is 61.4 cm³/mol. The smallest absolute Gasteiger partial charge is 0.125 e. The van der Waals surface area contributed by atoms with Gasteiger partial charge in [0.25, 0.3) is 0 Å². The molecule has 0 atom stereocenters. The van der Waals surface area contributed by atoms with Crippen LogP contribution in [0, 0.1) is 18.3 Å². The van der Waals surface area contributed by atoms with E-state index in [0.29, 0.717) is 16.3 Å². The van der Waals surface area contributed by atoms with Gasteiger partial charge >= 0.3 is 0 Å². The zero-order valence-corrected chi connectivity index (χ0v) is 9.01. The quantitative estimate of drug-likeness (QED) is 0.795. The number of benzene rings is 1. The molecule has 4 heteroatoms. The minimum absolute atomic E-state index is 0.481. The summed E-state index contributed by atoms with van der Waals surface area (Å²) in [7, 11) is 0. The zero-order valence-electron chi connectivity index (χ0n) is 8.19. The summed E-state index contributed by atoms with van der Waals surface area (Å²) in [5.74, 6) is 0. The van der Waals surface area contributed by atoms with Crippen molar-refractivity contribution in [1.29, 1.82) is 5.26 Å². The molecule has 0 aliphatic rings. The molecule has 0 bridgehead atoms. The van der Waals surface area contributed by atoms with Gasteiger partial charge in [-0.05, 0) is 24.0 Å². The molecule has 15 heavy (non-hydrogen) atoms. The maximum Gasteiger partial charge on any atom is 0.125 e. The summed E-state index contributed by atoms with van der Waals surface area (Å²) in [6.07, 6.45) is 0. The van der Waals surface area contributed by atoms with Gasteiger partial charge in [-0.3, -0.25) is 0 Å². The number of hydrogen-bond acceptors (Lipinski definition) is 4. The van der Waals surface area contributed by atoms with Crippen molar-refractivity contribution in [2.75, 3.05) is 5.73 Å². The summed E-state index contributed by atoms with van der Waals surface area (Å²) in [4.78, 5) is 0. The van der Waals surface area contributed by atoms with E-state index in [1.807, 2.05) is 31.2 Å². The minimum Gasteiger partial charge on any atom is -0.388 e. The molecule has 74 valence electrons. The summed E-state index contributed by atoms with van der Waals surface area (Å²) >= 11 is 1.16. The molecule has 3 nitrogen and oxygen atoms in total. The molecule has 1 heterocycles. The van der Waals surface area contributed by atoms with E-state index >= 15 is 0 Å². The van der Waals surface area contributed by atoms with Gasteiger partial charge in [0.15, 0.2) is 0 Å². The number of nitriles is 1. The van der Waals surface area contributed by atoms with Gasteiger partial charge in [-0.1, -0.05) is 24.3 Å². The molecule has 2 aromatic rings. The van der Waals surface area contributed by atoms with E-state index in [2.05, 4.69) is 10.4 Å². The standard InChI is InChI=1S/C11H9N3S/c1-7-4-2-3-5-8(7)10-9(6-12)11(13)15-14-10/h2-5H,13H2,1H3. The zero-order chi connectivity index (χ0) is 10.8. The molecule has 0 spiro atoms. The van der Waals surface area contributed by atoms with Crippen molar-refractivity contribution in [3.8, 4) is 17.3 Å². The van der Waals surface area contributed by atoms with Gasteiger partial charge in [-0.15, -0.1) is 0 Å². The van der Waals surface area contributed by atoms with E-state index in [-0.39, 0.29) is 0 Å². The third kappa shape index (κ3) is 1.58. The average molecular weight is 215 g/mol. The lowest BCUT2D eigenvalue weighted by Crippen LogP contribution is -1.88. The van der Waals surface area contributed by atoms with Crippen molar-refractivity contribution >= 4 is 16.5 Å². The van der Waals surface area contributed by atoms with E-state index in [1.165, 1.54) is 0 Å². The highest BCUT2D eigenvalue weighted by atomic mass is 32.1. The number of hydrogen-bond donors (Lipinski definition) is 1. The van der Waals surface area contributed by atoms with Crippen molar-refractivity contribution in [2.45, 2.75) is 6.92 Å². The van der Waals surface area contributed by atoms with E-state index in [9.17, 15) is 0 Å². The molecule has 0 fully saturated rings. The molecular weight excluding hydrogens is 206 g/mol. The first-order valence-corrected chi connectivity index (χ1v) is 5.22. The number of aryl methyl sites for hydroxylation is 1. The summed E-state index contributed by atoms with van der Waals surface area (Å²) in [5, 5.41) is 9.46. The van der Waals surface area contributed by atoms with Gasteiger partial charge in [0.05, 0.1) is 0 Å². The van der Waals surface area contributed by atoms with E-state index < -0.39 is 0 Å². The van der Waals surface area contributed by atoms with E-state index in [1.54, 1.807) is 0 Å². The molecule has 0 amide bonds. The Kier molecular flexibility index (Phi) is 2.40. The van der Waals surface area contributed by atoms with Crippen LogP contribution in [0.2, 0.25) is 0 Å². The fraction of sp³-hybridized carbons (Fsp3) is 0.0909. The van der Waals surface area contributed by atoms with E-state index in [4.69, 9.17) is 11.0 Å². The summed E-state index contributed by atoms with van der Waals surface area (Å²) in [5.41, 5.74) is 8.92. The van der Waals surface area contributed by atoms with Crippen LogP contribution in [0.15, 0.2) is 24.3 Å². The largest absolute Gasteiger partial charge is 0.388 e. The highest BCUT2D eigenvalue weighted by molar-refractivity contribution is 7.10. The second-order valence-electron chi connectivity index (χ2n) is 3.20. The molecule has 1 aromatic carbocycles. The Balaban J connectivity index is 2.66. The second kappa shape index (κ2) is 3.71. The maximum atomic E-state index is 8.98. The molecule has 2 rings (SSSR count). The van der Waals surface area contributed by atoms with Crippen LogP contribution >= 0.6 is 11.5 Å². The van der Waals surface area contributed by atoms with Gasteiger partial charge in [0.2, 0.25) is 0 Å². The third-order valence-corrected chi connectivity index (χ3v) is 2.91. The highest BCUT2D eigenvalue weighted by Gasteiger charge is 2.13. The number of anilines is 1. The Morgan fingerprint density at radius 3 is 2.80 bits per heavy atom. The third-order valence-electron chi connectivity index (χ3n) is 2.23. The second-order valence-corrected chi connectivity index (χ2v) is 4.00. The maximum absolute atomic E-state index is 8.98. The Labute approximate surface area is 92.0 Å².